The summed E-state index contributed by atoms with van der Waals surface area (Å²) in [5.41, 5.74) is 5.57. The van der Waals surface area contributed by atoms with Crippen molar-refractivity contribution in [2.75, 3.05) is 33.3 Å². The SMILES string of the molecule is COc1ccc(C(=O)N2CCCC(C(=O)NCCN)C2)cc1OC(F)F.Cl. The quantitative estimate of drug-likeness (QED) is 0.716. The Balaban J connectivity index is 0.00000364. The van der Waals surface area contributed by atoms with Gasteiger partial charge in [-0.25, -0.2) is 0 Å². The highest BCUT2D eigenvalue weighted by atomic mass is 35.5. The number of carbonyl (C=O) groups excluding carboxylic acids is 2. The number of methoxy groups -OCH3 is 1. The van der Waals surface area contributed by atoms with E-state index >= 15 is 0 Å². The second kappa shape index (κ2) is 10.9. The number of nitrogens with one attached hydrogen (secondary N) is 1. The number of alkyl halides is 2. The monoisotopic (exact) mass is 407 g/mol. The van der Waals surface area contributed by atoms with Crippen LogP contribution < -0.4 is 20.5 Å². The molecule has 1 aliphatic rings. The first-order chi connectivity index (χ1) is 12.5. The zero-order chi connectivity index (χ0) is 19.1. The molecule has 7 nitrogen and oxygen atoms in total. The average Bonchev–Trinajstić information content (AvgIpc) is 2.65. The normalized spacial score (nSPS) is 16.5. The van der Waals surface area contributed by atoms with Gasteiger partial charge in [-0.2, -0.15) is 8.78 Å². The third-order valence-electron chi connectivity index (χ3n) is 4.15. The van der Waals surface area contributed by atoms with Crippen LogP contribution in [-0.4, -0.2) is 56.6 Å². The van der Waals surface area contributed by atoms with Crippen LogP contribution in [0.4, 0.5) is 8.78 Å². The van der Waals surface area contributed by atoms with Crippen LogP contribution in [0, 0.1) is 5.92 Å². The molecule has 10 heteroatoms. The van der Waals surface area contributed by atoms with E-state index in [-0.39, 0.29) is 53.7 Å². The molecule has 2 amide bonds. The van der Waals surface area contributed by atoms with Gasteiger partial charge in [0, 0.05) is 31.7 Å². The number of nitrogens with zero attached hydrogens (tertiary/aromatic N) is 1. The largest absolute Gasteiger partial charge is 0.493 e. The fourth-order valence-electron chi connectivity index (χ4n) is 2.90. The molecule has 0 saturated carbocycles. The van der Waals surface area contributed by atoms with Gasteiger partial charge in [0.05, 0.1) is 13.0 Å². The van der Waals surface area contributed by atoms with Gasteiger partial charge in [-0.1, -0.05) is 0 Å². The van der Waals surface area contributed by atoms with Gasteiger partial charge in [0.15, 0.2) is 11.5 Å². The minimum Gasteiger partial charge on any atom is -0.493 e. The van der Waals surface area contributed by atoms with Crippen molar-refractivity contribution < 1.29 is 27.8 Å². The molecule has 152 valence electrons. The van der Waals surface area contributed by atoms with Crippen molar-refractivity contribution in [3.8, 4) is 11.5 Å². The maximum Gasteiger partial charge on any atom is 0.387 e. The Morgan fingerprint density at radius 2 is 2.11 bits per heavy atom. The second-order valence-corrected chi connectivity index (χ2v) is 5.91. The van der Waals surface area contributed by atoms with Gasteiger partial charge < -0.3 is 25.4 Å². The van der Waals surface area contributed by atoms with Crippen LogP contribution in [0.25, 0.3) is 0 Å². The van der Waals surface area contributed by atoms with Crippen LogP contribution in [-0.2, 0) is 4.79 Å². The van der Waals surface area contributed by atoms with Gasteiger partial charge in [-0.3, -0.25) is 9.59 Å². The topological polar surface area (TPSA) is 93.9 Å². The smallest absolute Gasteiger partial charge is 0.387 e. The van der Waals surface area contributed by atoms with Crippen molar-refractivity contribution in [3.63, 3.8) is 0 Å². The summed E-state index contributed by atoms with van der Waals surface area (Å²) in [6.07, 6.45) is 1.37. The number of amides is 2. The van der Waals surface area contributed by atoms with Crippen LogP contribution in [0.3, 0.4) is 0 Å². The van der Waals surface area contributed by atoms with E-state index in [1.165, 1.54) is 25.3 Å². The molecule has 1 heterocycles. The van der Waals surface area contributed by atoms with Gasteiger partial charge in [-0.15, -0.1) is 12.4 Å². The lowest BCUT2D eigenvalue weighted by Gasteiger charge is -2.32. The van der Waals surface area contributed by atoms with Crippen LogP contribution >= 0.6 is 12.4 Å². The number of ether oxygens (including phenoxy) is 2. The van der Waals surface area contributed by atoms with Gasteiger partial charge in [0.2, 0.25) is 5.91 Å². The van der Waals surface area contributed by atoms with Crippen LogP contribution in [0.1, 0.15) is 23.2 Å². The van der Waals surface area contributed by atoms with Crippen molar-refractivity contribution in [3.05, 3.63) is 23.8 Å². The fourth-order valence-corrected chi connectivity index (χ4v) is 2.90. The number of hydrogen-bond acceptors (Lipinski definition) is 5. The lowest BCUT2D eigenvalue weighted by atomic mass is 9.96. The molecular weight excluding hydrogens is 384 g/mol. The Kier molecular flexibility index (Phi) is 9.23. The first kappa shape index (κ1) is 22.9. The Morgan fingerprint density at radius 3 is 2.74 bits per heavy atom. The van der Waals surface area contributed by atoms with Crippen LogP contribution in [0.2, 0.25) is 0 Å². The molecule has 3 N–H and O–H groups in total. The van der Waals surface area contributed by atoms with E-state index in [1.54, 1.807) is 4.90 Å². The molecule has 1 aromatic carbocycles. The summed E-state index contributed by atoms with van der Waals surface area (Å²) in [6, 6.07) is 4.11. The third kappa shape index (κ3) is 6.21. The minimum absolute atomic E-state index is 0. The molecule has 2 rings (SSSR count). The van der Waals surface area contributed by atoms with Gasteiger partial charge in [0.25, 0.3) is 5.91 Å². The maximum atomic E-state index is 12.7. The maximum absolute atomic E-state index is 12.7. The predicted octanol–water partition coefficient (Wildman–Crippen LogP) is 1.65. The molecule has 1 saturated heterocycles. The van der Waals surface area contributed by atoms with Crippen LogP contribution in [0.5, 0.6) is 11.5 Å². The third-order valence-corrected chi connectivity index (χ3v) is 4.15. The molecule has 0 bridgehead atoms. The predicted molar refractivity (Wildman–Crippen MR) is 97.6 cm³/mol. The van der Waals surface area contributed by atoms with Crippen molar-refractivity contribution in [2.45, 2.75) is 19.5 Å². The lowest BCUT2D eigenvalue weighted by Crippen LogP contribution is -2.46. The van der Waals surface area contributed by atoms with Crippen molar-refractivity contribution in [1.29, 1.82) is 0 Å². The molecule has 1 unspecified atom stereocenters. The molecule has 0 radical (unpaired) electrons. The standard InChI is InChI=1S/C17H23F2N3O4.ClH/c1-25-13-5-4-11(9-14(13)26-17(18)19)16(24)22-8-2-3-12(10-22)15(23)21-7-6-20;/h4-5,9,12,17H,2-3,6-8,10,20H2,1H3,(H,21,23);1H. The molecule has 0 spiro atoms. The van der Waals surface area contributed by atoms with E-state index in [2.05, 4.69) is 10.1 Å². The molecule has 0 aromatic heterocycles. The summed E-state index contributed by atoms with van der Waals surface area (Å²) in [5, 5.41) is 2.73. The highest BCUT2D eigenvalue weighted by molar-refractivity contribution is 5.95. The van der Waals surface area contributed by atoms with E-state index in [9.17, 15) is 18.4 Å². The molecule has 0 aliphatic carbocycles. The molecule has 1 fully saturated rings. The second-order valence-electron chi connectivity index (χ2n) is 5.91. The first-order valence-corrected chi connectivity index (χ1v) is 8.36. The summed E-state index contributed by atoms with van der Waals surface area (Å²) < 4.78 is 34.5. The Labute approximate surface area is 162 Å². The first-order valence-electron chi connectivity index (χ1n) is 8.36. The zero-order valence-electron chi connectivity index (χ0n) is 15.0. The minimum atomic E-state index is -3.03. The number of halogens is 3. The molecular formula is C17H24ClF2N3O4. The van der Waals surface area contributed by atoms with Gasteiger partial charge >= 0.3 is 6.61 Å². The van der Waals surface area contributed by atoms with E-state index in [0.29, 0.717) is 32.5 Å². The summed E-state index contributed by atoms with van der Waals surface area (Å²) >= 11 is 0. The molecule has 1 aromatic rings. The summed E-state index contributed by atoms with van der Waals surface area (Å²) in [6.45, 7) is -1.53. The van der Waals surface area contributed by atoms with Crippen molar-refractivity contribution >= 4 is 24.2 Å². The van der Waals surface area contributed by atoms with Crippen molar-refractivity contribution in [2.24, 2.45) is 11.7 Å². The number of hydrogen-bond donors (Lipinski definition) is 2. The zero-order valence-corrected chi connectivity index (χ0v) is 15.8. The fraction of sp³-hybridized carbons (Fsp3) is 0.529. The Morgan fingerprint density at radius 1 is 1.37 bits per heavy atom. The highest BCUT2D eigenvalue weighted by Crippen LogP contribution is 2.30. The van der Waals surface area contributed by atoms with E-state index < -0.39 is 6.61 Å². The molecule has 1 aliphatic heterocycles. The number of carbonyl (C=O) groups is 2. The Bertz CT molecular complexity index is 649. The number of benzene rings is 1. The highest BCUT2D eigenvalue weighted by Gasteiger charge is 2.29. The van der Waals surface area contributed by atoms with Gasteiger partial charge in [0.1, 0.15) is 0 Å². The summed E-state index contributed by atoms with van der Waals surface area (Å²) in [4.78, 5) is 26.4. The van der Waals surface area contributed by atoms with E-state index in [4.69, 9.17) is 10.5 Å². The average molecular weight is 408 g/mol. The van der Waals surface area contributed by atoms with E-state index in [1.807, 2.05) is 0 Å². The number of piperidine rings is 1. The number of likely N-dealkylation sites (tertiary alicyclic amines) is 1. The number of nitrogens with two attached hydrogens (primary N) is 1. The van der Waals surface area contributed by atoms with Crippen LogP contribution in [0.15, 0.2) is 18.2 Å². The summed E-state index contributed by atoms with van der Waals surface area (Å²) in [5.74, 6) is -0.885. The Hall–Kier alpha value is -2.13. The number of rotatable bonds is 7. The van der Waals surface area contributed by atoms with Crippen molar-refractivity contribution in [1.82, 2.24) is 10.2 Å². The molecule has 1 atom stereocenters. The summed E-state index contributed by atoms with van der Waals surface area (Å²) in [7, 11) is 1.32. The van der Waals surface area contributed by atoms with Gasteiger partial charge in [-0.05, 0) is 31.0 Å². The van der Waals surface area contributed by atoms with E-state index in [0.717, 1.165) is 0 Å². The lowest BCUT2D eigenvalue weighted by molar-refractivity contribution is -0.126. The molecule has 27 heavy (non-hydrogen) atoms.